The predicted octanol–water partition coefficient (Wildman–Crippen LogP) is 2.54. The first kappa shape index (κ1) is 12.0. The number of piperidine rings is 1. The van der Waals surface area contributed by atoms with Crippen LogP contribution in [0, 0.1) is 10.1 Å². The largest absolute Gasteiger partial charge is 0.299 e. The molecule has 1 saturated heterocycles. The standard InChI is InChI=1S/C13H18N2O2/c1-13(2)9-8-11(15(16)17)12(14-13)10-6-4-3-5-7-10/h3-7,11-12,14H,8-9H2,1-2H3. The number of nitrogens with one attached hydrogen (secondary N) is 1. The summed E-state index contributed by atoms with van der Waals surface area (Å²) in [5, 5.41) is 14.5. The first-order valence-corrected chi connectivity index (χ1v) is 5.96. The van der Waals surface area contributed by atoms with Crippen molar-refractivity contribution >= 4 is 0 Å². The van der Waals surface area contributed by atoms with Crippen molar-refractivity contribution in [2.45, 2.75) is 44.3 Å². The first-order chi connectivity index (χ1) is 7.99. The fraction of sp³-hybridized carbons (Fsp3) is 0.538. The molecule has 1 N–H and O–H groups in total. The van der Waals surface area contributed by atoms with Crippen LogP contribution in [0.1, 0.15) is 38.3 Å². The number of hydrogen-bond acceptors (Lipinski definition) is 3. The molecule has 4 heteroatoms. The van der Waals surface area contributed by atoms with Gasteiger partial charge in [0.1, 0.15) is 6.04 Å². The molecule has 0 bridgehead atoms. The molecule has 0 spiro atoms. The molecule has 1 aliphatic heterocycles. The Balaban J connectivity index is 2.29. The van der Waals surface area contributed by atoms with E-state index in [1.165, 1.54) is 0 Å². The number of rotatable bonds is 2. The highest BCUT2D eigenvalue weighted by Crippen LogP contribution is 2.32. The zero-order valence-electron chi connectivity index (χ0n) is 10.2. The van der Waals surface area contributed by atoms with Crippen LogP contribution in [0.15, 0.2) is 30.3 Å². The van der Waals surface area contributed by atoms with Crippen LogP contribution in [-0.2, 0) is 0 Å². The summed E-state index contributed by atoms with van der Waals surface area (Å²) in [7, 11) is 0. The molecule has 1 aliphatic rings. The van der Waals surface area contributed by atoms with Gasteiger partial charge in [-0.2, -0.15) is 0 Å². The minimum atomic E-state index is -0.523. The van der Waals surface area contributed by atoms with Crippen LogP contribution in [0.3, 0.4) is 0 Å². The highest BCUT2D eigenvalue weighted by atomic mass is 16.6. The summed E-state index contributed by atoms with van der Waals surface area (Å²) >= 11 is 0. The average molecular weight is 234 g/mol. The molecule has 0 amide bonds. The molecule has 17 heavy (non-hydrogen) atoms. The van der Waals surface area contributed by atoms with Gasteiger partial charge in [-0.05, 0) is 25.8 Å². The lowest BCUT2D eigenvalue weighted by Crippen LogP contribution is -2.52. The van der Waals surface area contributed by atoms with E-state index in [-0.39, 0.29) is 16.5 Å². The van der Waals surface area contributed by atoms with Crippen LogP contribution < -0.4 is 5.32 Å². The van der Waals surface area contributed by atoms with Crippen molar-refractivity contribution in [3.05, 3.63) is 46.0 Å². The Bertz CT molecular complexity index is 403. The van der Waals surface area contributed by atoms with Crippen LogP contribution in [0.25, 0.3) is 0 Å². The Hall–Kier alpha value is -1.42. The van der Waals surface area contributed by atoms with Crippen molar-refractivity contribution in [1.82, 2.24) is 5.32 Å². The SMILES string of the molecule is CC1(C)CCC([N+](=O)[O-])C(c2ccccc2)N1. The van der Waals surface area contributed by atoms with Gasteiger partial charge in [0.05, 0.1) is 0 Å². The fourth-order valence-electron chi connectivity index (χ4n) is 2.46. The van der Waals surface area contributed by atoms with E-state index in [1.54, 1.807) is 0 Å². The van der Waals surface area contributed by atoms with E-state index in [0.717, 1.165) is 12.0 Å². The van der Waals surface area contributed by atoms with Gasteiger partial charge in [-0.1, -0.05) is 30.3 Å². The smallest absolute Gasteiger partial charge is 0.232 e. The Morgan fingerprint density at radius 1 is 1.35 bits per heavy atom. The lowest BCUT2D eigenvalue weighted by molar-refractivity contribution is -0.532. The second kappa shape index (κ2) is 4.45. The second-order valence-electron chi connectivity index (χ2n) is 5.31. The highest BCUT2D eigenvalue weighted by Gasteiger charge is 2.41. The molecular formula is C13H18N2O2. The fourth-order valence-corrected chi connectivity index (χ4v) is 2.46. The zero-order chi connectivity index (χ0) is 12.5. The third-order valence-corrected chi connectivity index (χ3v) is 3.43. The van der Waals surface area contributed by atoms with Gasteiger partial charge in [-0.25, -0.2) is 0 Å². The normalized spacial score (nSPS) is 27.6. The molecule has 1 heterocycles. The van der Waals surface area contributed by atoms with Gasteiger partial charge in [0, 0.05) is 16.9 Å². The predicted molar refractivity (Wildman–Crippen MR) is 66.4 cm³/mol. The molecule has 4 nitrogen and oxygen atoms in total. The molecule has 2 rings (SSSR count). The van der Waals surface area contributed by atoms with Gasteiger partial charge in [-0.3, -0.25) is 15.4 Å². The lowest BCUT2D eigenvalue weighted by atomic mass is 9.83. The number of nitrogens with zero attached hydrogens (tertiary/aromatic N) is 1. The molecule has 1 aromatic carbocycles. The van der Waals surface area contributed by atoms with Crippen LogP contribution >= 0.6 is 0 Å². The Kier molecular flexibility index (Phi) is 3.15. The molecule has 1 fully saturated rings. The van der Waals surface area contributed by atoms with Gasteiger partial charge in [0.15, 0.2) is 0 Å². The summed E-state index contributed by atoms with van der Waals surface area (Å²) in [4.78, 5) is 11.0. The van der Waals surface area contributed by atoms with E-state index in [4.69, 9.17) is 0 Å². The van der Waals surface area contributed by atoms with Crippen molar-refractivity contribution in [2.24, 2.45) is 0 Å². The van der Waals surface area contributed by atoms with Crippen LogP contribution in [0.2, 0.25) is 0 Å². The topological polar surface area (TPSA) is 55.2 Å². The number of hydrogen-bond donors (Lipinski definition) is 1. The average Bonchev–Trinajstić information content (AvgIpc) is 2.28. The maximum atomic E-state index is 11.1. The molecule has 92 valence electrons. The van der Waals surface area contributed by atoms with E-state index in [0.29, 0.717) is 6.42 Å². The summed E-state index contributed by atoms with van der Waals surface area (Å²) in [5.74, 6) is 0. The summed E-state index contributed by atoms with van der Waals surface area (Å²) in [6.07, 6.45) is 1.47. The van der Waals surface area contributed by atoms with E-state index in [9.17, 15) is 10.1 Å². The number of nitro groups is 1. The van der Waals surface area contributed by atoms with Gasteiger partial charge in [0.2, 0.25) is 6.04 Å². The third-order valence-electron chi connectivity index (χ3n) is 3.43. The van der Waals surface area contributed by atoms with E-state index in [2.05, 4.69) is 19.2 Å². The summed E-state index contributed by atoms with van der Waals surface area (Å²) < 4.78 is 0. The summed E-state index contributed by atoms with van der Waals surface area (Å²) in [6, 6.07) is 8.98. The Labute approximate surface area is 101 Å². The van der Waals surface area contributed by atoms with E-state index >= 15 is 0 Å². The van der Waals surface area contributed by atoms with Crippen molar-refractivity contribution in [3.63, 3.8) is 0 Å². The molecule has 2 atom stereocenters. The maximum Gasteiger partial charge on any atom is 0.232 e. The number of benzene rings is 1. The molecule has 2 unspecified atom stereocenters. The quantitative estimate of drug-likeness (QED) is 0.632. The van der Waals surface area contributed by atoms with Gasteiger partial charge in [-0.15, -0.1) is 0 Å². The van der Waals surface area contributed by atoms with Crippen molar-refractivity contribution in [1.29, 1.82) is 0 Å². The summed E-state index contributed by atoms with van der Waals surface area (Å²) in [6.45, 7) is 4.19. The molecule has 0 aromatic heterocycles. The molecule has 1 aromatic rings. The van der Waals surface area contributed by atoms with Crippen LogP contribution in [0.5, 0.6) is 0 Å². The van der Waals surface area contributed by atoms with Crippen molar-refractivity contribution < 1.29 is 4.92 Å². The minimum absolute atomic E-state index is 0.0347. The molecule has 0 saturated carbocycles. The molecule has 0 radical (unpaired) electrons. The zero-order valence-corrected chi connectivity index (χ0v) is 10.2. The Morgan fingerprint density at radius 3 is 2.59 bits per heavy atom. The van der Waals surface area contributed by atoms with E-state index in [1.807, 2.05) is 30.3 Å². The van der Waals surface area contributed by atoms with Crippen molar-refractivity contribution in [2.75, 3.05) is 0 Å². The lowest BCUT2D eigenvalue weighted by Gasteiger charge is -2.38. The van der Waals surface area contributed by atoms with Crippen LogP contribution in [-0.4, -0.2) is 16.5 Å². The van der Waals surface area contributed by atoms with Gasteiger partial charge in [0.25, 0.3) is 0 Å². The van der Waals surface area contributed by atoms with Gasteiger partial charge < -0.3 is 0 Å². The van der Waals surface area contributed by atoms with Crippen molar-refractivity contribution in [3.8, 4) is 0 Å². The molecular weight excluding hydrogens is 216 g/mol. The highest BCUT2D eigenvalue weighted by molar-refractivity contribution is 5.21. The first-order valence-electron chi connectivity index (χ1n) is 5.96. The van der Waals surface area contributed by atoms with E-state index < -0.39 is 6.04 Å². The third kappa shape index (κ3) is 2.64. The minimum Gasteiger partial charge on any atom is -0.299 e. The van der Waals surface area contributed by atoms with Gasteiger partial charge >= 0.3 is 0 Å². The second-order valence-corrected chi connectivity index (χ2v) is 5.31. The monoisotopic (exact) mass is 234 g/mol. The van der Waals surface area contributed by atoms with Crippen LogP contribution in [0.4, 0.5) is 0 Å². The Morgan fingerprint density at radius 2 is 2.00 bits per heavy atom. The maximum absolute atomic E-state index is 11.1. The molecule has 0 aliphatic carbocycles. The summed E-state index contributed by atoms with van der Waals surface area (Å²) in [5.41, 5.74) is 0.967.